The van der Waals surface area contributed by atoms with Crippen LogP contribution in [0, 0.1) is 57.2 Å². The fraction of sp³-hybridized carbons (Fsp3) is 0.838. The van der Waals surface area contributed by atoms with Crippen molar-refractivity contribution in [3.8, 4) is 0 Å². The van der Waals surface area contributed by atoms with Gasteiger partial charge in [0.25, 0.3) is 0 Å². The lowest BCUT2D eigenvalue weighted by Crippen LogP contribution is -2.78. The van der Waals surface area contributed by atoms with Crippen LogP contribution < -0.4 is 0 Å². The maximum absolute atomic E-state index is 14.8. The number of ketones is 1. The Morgan fingerprint density at radius 3 is 2.02 bits per heavy atom. The Labute approximate surface area is 304 Å². The number of epoxide rings is 2. The molecule has 1 spiro atoms. The number of hydrogen-bond acceptors (Lipinski definition) is 16. The molecule has 16 nitrogen and oxygen atoms in total. The van der Waals surface area contributed by atoms with Crippen molar-refractivity contribution in [3.63, 3.8) is 0 Å². The van der Waals surface area contributed by atoms with Gasteiger partial charge in [-0.05, 0) is 38.0 Å². The van der Waals surface area contributed by atoms with Crippen molar-refractivity contribution in [1.82, 2.24) is 0 Å². The minimum Gasteiger partial charge on any atom is -0.459 e. The summed E-state index contributed by atoms with van der Waals surface area (Å²) in [4.78, 5) is 81.0. The fourth-order valence-corrected chi connectivity index (χ4v) is 14.9. The zero-order chi connectivity index (χ0) is 38.8. The van der Waals surface area contributed by atoms with Gasteiger partial charge in [-0.1, -0.05) is 20.8 Å². The molecule has 9 rings (SSSR count). The highest BCUT2D eigenvalue weighted by Gasteiger charge is 3.04. The largest absolute Gasteiger partial charge is 0.459 e. The first-order valence-corrected chi connectivity index (χ1v) is 18.4. The number of esters is 5. The van der Waals surface area contributed by atoms with Crippen molar-refractivity contribution < 1.29 is 77.2 Å². The molecule has 2 bridgehead atoms. The normalized spacial score (nSPS) is 58.0. The number of aliphatic hydroxyl groups is 3. The maximum Gasteiger partial charge on any atom is 0.341 e. The lowest BCUT2D eigenvalue weighted by Gasteiger charge is -2.68. The summed E-state index contributed by atoms with van der Waals surface area (Å²) in [6.07, 6.45) is -5.94. The Bertz CT molecular complexity index is 1820. The molecular formula is C37H46O16. The van der Waals surface area contributed by atoms with Gasteiger partial charge in [0.15, 0.2) is 11.4 Å². The first-order valence-electron chi connectivity index (χ1n) is 18.4. The van der Waals surface area contributed by atoms with Crippen molar-refractivity contribution in [2.24, 2.45) is 57.2 Å². The van der Waals surface area contributed by atoms with E-state index in [4.69, 9.17) is 33.2 Å². The molecular weight excluding hydrogens is 700 g/mol. The summed E-state index contributed by atoms with van der Waals surface area (Å²) in [7, 11) is 0. The minimum atomic E-state index is -3.17. The van der Waals surface area contributed by atoms with E-state index in [1.54, 1.807) is 20.8 Å². The summed E-state index contributed by atoms with van der Waals surface area (Å²) >= 11 is 0. The molecule has 9 fully saturated rings. The zero-order valence-corrected chi connectivity index (χ0v) is 31.0. The van der Waals surface area contributed by atoms with E-state index < -0.39 is 152 Å². The number of carbonyl (C=O) groups excluding carboxylic acids is 6. The Hall–Kier alpha value is -3.18. The molecule has 0 aromatic heterocycles. The second kappa shape index (κ2) is 9.60. The molecule has 6 saturated carbocycles. The quantitative estimate of drug-likeness (QED) is 0.150. The molecule has 0 amide bonds. The highest BCUT2D eigenvalue weighted by Crippen LogP contribution is 2.94. The smallest absolute Gasteiger partial charge is 0.341 e. The van der Waals surface area contributed by atoms with E-state index in [9.17, 15) is 44.1 Å². The molecule has 0 aromatic carbocycles. The minimum absolute atomic E-state index is 0.0156. The first kappa shape index (κ1) is 35.5. The third-order valence-electron chi connectivity index (χ3n) is 16.4. The lowest BCUT2D eigenvalue weighted by molar-refractivity contribution is -0.324. The van der Waals surface area contributed by atoms with Crippen molar-refractivity contribution in [1.29, 1.82) is 0 Å². The average Bonchev–Trinajstić information content (AvgIpc) is 3.91. The number of Topliss-reactive ketones (excluding diaryl/α,β-unsaturated/α-hetero) is 1. The van der Waals surface area contributed by atoms with Crippen LogP contribution in [0.15, 0.2) is 0 Å². The molecule has 0 aromatic rings. The van der Waals surface area contributed by atoms with Gasteiger partial charge >= 0.3 is 29.8 Å². The summed E-state index contributed by atoms with van der Waals surface area (Å²) in [5.74, 6) is -16.7. The van der Waals surface area contributed by atoms with Crippen LogP contribution in [0.3, 0.4) is 0 Å². The van der Waals surface area contributed by atoms with Gasteiger partial charge in [-0.2, -0.15) is 0 Å². The van der Waals surface area contributed by atoms with Crippen LogP contribution in [-0.2, 0) is 61.9 Å². The molecule has 2 unspecified atom stereocenters. The number of carbonyl (C=O) groups is 6. The van der Waals surface area contributed by atoms with E-state index in [0.717, 1.165) is 6.92 Å². The molecule has 19 atom stereocenters. The number of rotatable bonds is 4. The van der Waals surface area contributed by atoms with Crippen LogP contribution in [-0.4, -0.2) is 110 Å². The van der Waals surface area contributed by atoms with Gasteiger partial charge in [-0.25, -0.2) is 4.79 Å². The summed E-state index contributed by atoms with van der Waals surface area (Å²) in [5.41, 5.74) is -9.89. The van der Waals surface area contributed by atoms with Crippen molar-refractivity contribution in [2.75, 3.05) is 0 Å². The summed E-state index contributed by atoms with van der Waals surface area (Å²) in [6.45, 7) is 12.9. The Kier molecular flexibility index (Phi) is 6.44. The van der Waals surface area contributed by atoms with Gasteiger partial charge < -0.3 is 48.5 Å². The van der Waals surface area contributed by atoms with Gasteiger partial charge in [0.1, 0.15) is 36.1 Å². The summed E-state index contributed by atoms with van der Waals surface area (Å²) in [6, 6.07) is 0. The standard InChI is InChI=1S/C37H46O16/c1-12-25-37(52-25)32(8,33(9,44)29(43)53-37)28-34(12)11-35(28,51-16(5)41)23-20-19(22(47-13(2)38)27(31(23,34)7)49-15(4)40)30(6)17(24(42)36(20,45)46)10-18-21(50-18)26(30)48-14(3)39/h12,17-23,25-28,44-46H,10-11H2,1-9H3/t12-,17-,18+,19?,20?,21+,22+,23+,25-,26+,27+,28+,30+,31-,32+,33-,34+,35+,37+/m1/s1. The van der Waals surface area contributed by atoms with Crippen LogP contribution in [0.25, 0.3) is 0 Å². The third kappa shape index (κ3) is 3.42. The van der Waals surface area contributed by atoms with Gasteiger partial charge in [0, 0.05) is 68.1 Å². The number of fused-ring (bicyclic) bond motifs is 7. The van der Waals surface area contributed by atoms with Crippen molar-refractivity contribution in [3.05, 3.63) is 0 Å². The second-order valence-corrected chi connectivity index (χ2v) is 18.2. The molecule has 9 aliphatic rings. The van der Waals surface area contributed by atoms with E-state index >= 15 is 0 Å². The van der Waals surface area contributed by atoms with Gasteiger partial charge in [0.05, 0.1) is 11.5 Å². The van der Waals surface area contributed by atoms with Gasteiger partial charge in [0.2, 0.25) is 11.6 Å². The highest BCUT2D eigenvalue weighted by molar-refractivity contribution is 5.91. The van der Waals surface area contributed by atoms with E-state index in [1.807, 2.05) is 6.92 Å². The fourth-order valence-electron chi connectivity index (χ4n) is 14.9. The zero-order valence-electron chi connectivity index (χ0n) is 31.0. The second-order valence-electron chi connectivity index (χ2n) is 18.2. The van der Waals surface area contributed by atoms with Crippen LogP contribution in [0.4, 0.5) is 0 Å². The van der Waals surface area contributed by atoms with Gasteiger partial charge in [-0.15, -0.1) is 0 Å². The Morgan fingerprint density at radius 2 is 1.43 bits per heavy atom. The van der Waals surface area contributed by atoms with Crippen LogP contribution >= 0.6 is 0 Å². The Balaban J connectivity index is 1.37. The van der Waals surface area contributed by atoms with E-state index in [0.29, 0.717) is 0 Å². The summed E-state index contributed by atoms with van der Waals surface area (Å²) in [5, 5.41) is 37.2. The maximum atomic E-state index is 14.8. The molecule has 6 aliphatic carbocycles. The predicted molar refractivity (Wildman–Crippen MR) is 169 cm³/mol. The summed E-state index contributed by atoms with van der Waals surface area (Å²) < 4.78 is 43.0. The van der Waals surface area contributed by atoms with E-state index in [-0.39, 0.29) is 12.8 Å². The molecule has 3 aliphatic heterocycles. The van der Waals surface area contributed by atoms with Gasteiger partial charge in [-0.3, -0.25) is 24.0 Å². The van der Waals surface area contributed by atoms with Crippen molar-refractivity contribution >= 4 is 35.6 Å². The monoisotopic (exact) mass is 746 g/mol. The molecule has 16 heteroatoms. The van der Waals surface area contributed by atoms with E-state index in [2.05, 4.69) is 0 Å². The SMILES string of the molecule is CC(=O)O[C@H]1C2C([C@@H]3[C@@]4(OC(C)=O)C[C@@]5([C@H](C)[C@H]6O[C@]67OC(=O)[C@@](C)(O)[C@]7(C)[C@H]45)[C@@]3(C)[C@H]1OC(C)=O)C(O)(O)C(=O)[C@H]1C[C@@H]3O[C@@H]3[C@H](OC(C)=O)[C@]21C. The molecule has 0 radical (unpaired) electrons. The van der Waals surface area contributed by atoms with Crippen LogP contribution in [0.2, 0.25) is 0 Å². The van der Waals surface area contributed by atoms with E-state index in [1.165, 1.54) is 27.7 Å². The van der Waals surface area contributed by atoms with Crippen molar-refractivity contribution in [2.45, 2.75) is 135 Å². The first-order chi connectivity index (χ1) is 24.4. The highest BCUT2D eigenvalue weighted by atomic mass is 16.8. The third-order valence-corrected chi connectivity index (χ3v) is 16.4. The molecule has 3 saturated heterocycles. The average molecular weight is 747 g/mol. The lowest BCUT2D eigenvalue weighted by atomic mass is 9.35. The number of ether oxygens (including phenoxy) is 7. The van der Waals surface area contributed by atoms with Crippen LogP contribution in [0.1, 0.15) is 75.2 Å². The number of hydrogen-bond donors (Lipinski definition) is 3. The van der Waals surface area contributed by atoms with Crippen LogP contribution in [0.5, 0.6) is 0 Å². The Morgan fingerprint density at radius 1 is 0.830 bits per heavy atom. The molecule has 290 valence electrons. The predicted octanol–water partition coefficient (Wildman–Crippen LogP) is 0.0879. The molecule has 3 N–H and O–H groups in total. The molecule has 53 heavy (non-hydrogen) atoms. The molecule has 3 heterocycles. The topological polar surface area (TPSA) is 234 Å².